The molecule has 0 amide bonds. The zero-order valence-electron chi connectivity index (χ0n) is 14.8. The average Bonchev–Trinajstić information content (AvgIpc) is 2.53. The smallest absolute Gasteiger partial charge is 0.303 e. The quantitative estimate of drug-likeness (QED) is 0.556. The van der Waals surface area contributed by atoms with Crippen LogP contribution < -0.4 is 0 Å². The number of methoxy groups -OCH3 is 4. The van der Waals surface area contributed by atoms with Gasteiger partial charge in [-0.3, -0.25) is 9.59 Å². The van der Waals surface area contributed by atoms with Gasteiger partial charge < -0.3 is 33.2 Å². The highest BCUT2D eigenvalue weighted by Crippen LogP contribution is 2.31. The highest BCUT2D eigenvalue weighted by Gasteiger charge is 2.52. The number of esters is 2. The van der Waals surface area contributed by atoms with Crippen LogP contribution >= 0.6 is 0 Å². The van der Waals surface area contributed by atoms with E-state index >= 15 is 0 Å². The number of rotatable bonds is 8. The Hall–Kier alpha value is -1.26. The molecular weight excluding hydrogens is 324 g/mol. The van der Waals surface area contributed by atoms with E-state index in [1.807, 2.05) is 0 Å². The zero-order valence-corrected chi connectivity index (χ0v) is 14.8. The zero-order chi connectivity index (χ0) is 18.3. The third-order valence-corrected chi connectivity index (χ3v) is 3.64. The maximum absolute atomic E-state index is 11.5. The summed E-state index contributed by atoms with van der Waals surface area (Å²) in [6.07, 6.45) is -4.77. The summed E-state index contributed by atoms with van der Waals surface area (Å²) in [7, 11) is 5.86. The van der Waals surface area contributed by atoms with Crippen LogP contribution in [0.25, 0.3) is 0 Å². The van der Waals surface area contributed by atoms with Crippen LogP contribution in [0.1, 0.15) is 13.8 Å². The van der Waals surface area contributed by atoms with Crippen molar-refractivity contribution in [3.63, 3.8) is 0 Å². The Kier molecular flexibility index (Phi) is 8.57. The summed E-state index contributed by atoms with van der Waals surface area (Å²) < 4.78 is 37.7. The first kappa shape index (κ1) is 20.8. The van der Waals surface area contributed by atoms with Crippen LogP contribution in [0.2, 0.25) is 0 Å². The van der Waals surface area contributed by atoms with Crippen molar-refractivity contribution in [1.82, 2.24) is 0 Å². The second-order valence-corrected chi connectivity index (χ2v) is 5.28. The van der Waals surface area contributed by atoms with E-state index in [1.165, 1.54) is 42.3 Å². The third kappa shape index (κ3) is 5.12. The minimum absolute atomic E-state index is 0.225. The van der Waals surface area contributed by atoms with Crippen LogP contribution in [0.5, 0.6) is 0 Å². The lowest BCUT2D eigenvalue weighted by atomic mass is 9.94. The van der Waals surface area contributed by atoms with Gasteiger partial charge in [-0.25, -0.2) is 0 Å². The summed E-state index contributed by atoms with van der Waals surface area (Å²) in [5.41, 5.74) is 0. The number of carbonyl (C=O) groups is 2. The van der Waals surface area contributed by atoms with Crippen LogP contribution in [0.15, 0.2) is 0 Å². The van der Waals surface area contributed by atoms with Gasteiger partial charge in [0.25, 0.3) is 0 Å². The van der Waals surface area contributed by atoms with Crippen molar-refractivity contribution < 1.29 is 42.7 Å². The second-order valence-electron chi connectivity index (χ2n) is 5.28. The van der Waals surface area contributed by atoms with Crippen molar-refractivity contribution in [2.45, 2.75) is 50.7 Å². The molecule has 0 aromatic rings. The molecule has 0 aromatic carbocycles. The van der Waals surface area contributed by atoms with Crippen molar-refractivity contribution in [2.24, 2.45) is 0 Å². The molecule has 1 saturated heterocycles. The van der Waals surface area contributed by atoms with Crippen molar-refractivity contribution in [3.05, 3.63) is 0 Å². The number of hydrogen-bond acceptors (Lipinski definition) is 9. The molecule has 0 radical (unpaired) electrons. The van der Waals surface area contributed by atoms with Crippen molar-refractivity contribution >= 4 is 11.9 Å². The summed E-state index contributed by atoms with van der Waals surface area (Å²) in [5, 5.41) is 0. The van der Waals surface area contributed by atoms with E-state index in [2.05, 4.69) is 0 Å². The van der Waals surface area contributed by atoms with Crippen molar-refractivity contribution in [2.75, 3.05) is 35.0 Å². The Labute approximate surface area is 141 Å². The molecule has 0 saturated carbocycles. The van der Waals surface area contributed by atoms with E-state index in [-0.39, 0.29) is 6.61 Å². The monoisotopic (exact) mass is 350 g/mol. The van der Waals surface area contributed by atoms with Gasteiger partial charge in [0.2, 0.25) is 0 Å². The predicted molar refractivity (Wildman–Crippen MR) is 80.2 cm³/mol. The molecule has 1 aliphatic heterocycles. The van der Waals surface area contributed by atoms with Crippen LogP contribution in [-0.4, -0.2) is 83.8 Å². The van der Waals surface area contributed by atoms with Gasteiger partial charge in [-0.1, -0.05) is 0 Å². The first-order valence-electron chi connectivity index (χ1n) is 7.46. The SMILES string of the molecule is COCC(OC)C1OC(OC)C(OC(C)=O)C(OC(C)=O)C1OC. The normalized spacial score (nSPS) is 31.3. The van der Waals surface area contributed by atoms with Gasteiger partial charge in [-0.05, 0) is 0 Å². The molecule has 1 fully saturated rings. The number of hydrogen-bond donors (Lipinski definition) is 0. The van der Waals surface area contributed by atoms with Crippen molar-refractivity contribution in [3.8, 4) is 0 Å². The van der Waals surface area contributed by atoms with Gasteiger partial charge in [-0.15, -0.1) is 0 Å². The Morgan fingerprint density at radius 3 is 1.92 bits per heavy atom. The van der Waals surface area contributed by atoms with E-state index in [0.717, 1.165) is 0 Å². The standard InChI is InChI=1S/C15H26O9/c1-8(16)22-13-12(20-5)11(10(19-4)7-18-3)24-15(21-6)14(13)23-9(2)17/h10-15H,7H2,1-6H3. The molecule has 6 unspecified atom stereocenters. The predicted octanol–water partition coefficient (Wildman–Crippen LogP) is -0.102. The molecule has 0 aliphatic carbocycles. The third-order valence-electron chi connectivity index (χ3n) is 3.64. The van der Waals surface area contributed by atoms with Crippen molar-refractivity contribution in [1.29, 1.82) is 0 Å². The molecule has 24 heavy (non-hydrogen) atoms. The van der Waals surface area contributed by atoms with E-state index in [9.17, 15) is 9.59 Å². The minimum atomic E-state index is -0.974. The Balaban J connectivity index is 3.17. The van der Waals surface area contributed by atoms with Gasteiger partial charge in [0.1, 0.15) is 18.3 Å². The number of ether oxygens (including phenoxy) is 7. The lowest BCUT2D eigenvalue weighted by molar-refractivity contribution is -0.315. The minimum Gasteiger partial charge on any atom is -0.455 e. The van der Waals surface area contributed by atoms with Gasteiger partial charge >= 0.3 is 11.9 Å². The molecule has 0 aromatic heterocycles. The summed E-state index contributed by atoms with van der Waals surface area (Å²) in [5.74, 6) is -1.10. The second kappa shape index (κ2) is 9.90. The Morgan fingerprint density at radius 1 is 0.917 bits per heavy atom. The first-order valence-corrected chi connectivity index (χ1v) is 7.46. The molecule has 140 valence electrons. The molecule has 1 heterocycles. The lowest BCUT2D eigenvalue weighted by Gasteiger charge is -2.45. The maximum Gasteiger partial charge on any atom is 0.303 e. The maximum atomic E-state index is 11.5. The van der Waals surface area contributed by atoms with E-state index in [4.69, 9.17) is 33.2 Å². The van der Waals surface area contributed by atoms with Crippen LogP contribution in [0, 0.1) is 0 Å². The average molecular weight is 350 g/mol. The molecule has 9 nitrogen and oxygen atoms in total. The highest BCUT2D eigenvalue weighted by atomic mass is 16.7. The summed E-state index contributed by atoms with van der Waals surface area (Å²) >= 11 is 0. The Morgan fingerprint density at radius 2 is 1.50 bits per heavy atom. The molecule has 0 bridgehead atoms. The summed E-state index contributed by atoms with van der Waals surface area (Å²) in [4.78, 5) is 22.9. The van der Waals surface area contributed by atoms with Gasteiger partial charge in [0, 0.05) is 42.3 Å². The van der Waals surface area contributed by atoms with Crippen LogP contribution in [0.3, 0.4) is 0 Å². The molecule has 0 N–H and O–H groups in total. The molecule has 9 heteroatoms. The fraction of sp³-hybridized carbons (Fsp3) is 0.867. The summed E-state index contributed by atoms with van der Waals surface area (Å²) in [6.45, 7) is 2.73. The highest BCUT2D eigenvalue weighted by molar-refractivity contribution is 5.67. The fourth-order valence-corrected chi connectivity index (χ4v) is 2.70. The molecular formula is C15H26O9. The topological polar surface area (TPSA) is 98.8 Å². The van der Waals surface area contributed by atoms with Crippen LogP contribution in [-0.2, 0) is 42.7 Å². The van der Waals surface area contributed by atoms with Gasteiger partial charge in [0.05, 0.1) is 6.61 Å². The summed E-state index contributed by atoms with van der Waals surface area (Å²) in [6, 6.07) is 0. The largest absolute Gasteiger partial charge is 0.455 e. The van der Waals surface area contributed by atoms with E-state index < -0.39 is 48.7 Å². The van der Waals surface area contributed by atoms with E-state index in [1.54, 1.807) is 0 Å². The van der Waals surface area contributed by atoms with E-state index in [0.29, 0.717) is 0 Å². The first-order chi connectivity index (χ1) is 11.4. The fourth-order valence-electron chi connectivity index (χ4n) is 2.70. The Bertz CT molecular complexity index is 414. The van der Waals surface area contributed by atoms with Gasteiger partial charge in [0.15, 0.2) is 18.5 Å². The molecule has 1 rings (SSSR count). The number of carbonyl (C=O) groups excluding carboxylic acids is 2. The van der Waals surface area contributed by atoms with Gasteiger partial charge in [-0.2, -0.15) is 0 Å². The molecule has 0 spiro atoms. The molecule has 6 atom stereocenters. The lowest BCUT2D eigenvalue weighted by Crippen LogP contribution is -2.64. The molecule has 1 aliphatic rings. The van der Waals surface area contributed by atoms with Crippen LogP contribution in [0.4, 0.5) is 0 Å².